The Balaban J connectivity index is 2.57. The van der Waals surface area contributed by atoms with E-state index in [-0.39, 0.29) is 18.8 Å². The number of hydrogen-bond donors (Lipinski definition) is 2. The van der Waals surface area contributed by atoms with E-state index in [1.165, 1.54) is 24.7 Å². The van der Waals surface area contributed by atoms with E-state index >= 15 is 0 Å². The van der Waals surface area contributed by atoms with Crippen LogP contribution in [0.25, 0.3) is 0 Å². The lowest BCUT2D eigenvalue weighted by Gasteiger charge is -2.21. The molecule has 0 saturated carbocycles. The number of sulfonamides is 1. The molecule has 0 aliphatic carbocycles. The van der Waals surface area contributed by atoms with Gasteiger partial charge in [-0.05, 0) is 12.0 Å². The van der Waals surface area contributed by atoms with E-state index in [9.17, 15) is 13.2 Å². The summed E-state index contributed by atoms with van der Waals surface area (Å²) in [5, 5.41) is 8.71. The fraction of sp³-hybridized carbons (Fsp3) is 0.611. The van der Waals surface area contributed by atoms with Gasteiger partial charge in [0.05, 0.1) is 12.3 Å². The van der Waals surface area contributed by atoms with Gasteiger partial charge in [-0.1, -0.05) is 75.8 Å². The molecule has 6 nitrogen and oxygen atoms in total. The van der Waals surface area contributed by atoms with Crippen molar-refractivity contribution in [1.82, 2.24) is 9.79 Å². The van der Waals surface area contributed by atoms with Crippen molar-refractivity contribution < 1.29 is 18.4 Å². The van der Waals surface area contributed by atoms with E-state index < -0.39 is 15.9 Å². The molecule has 0 radical (unpaired) electrons. The molecule has 0 atom stereocenters. The Labute approximate surface area is 151 Å². The first-order chi connectivity index (χ1) is 12.0. The number of amides is 1. The van der Waals surface area contributed by atoms with Crippen molar-refractivity contribution >= 4 is 15.9 Å². The summed E-state index contributed by atoms with van der Waals surface area (Å²) >= 11 is 0. The van der Waals surface area contributed by atoms with Gasteiger partial charge in [-0.3, -0.25) is 10.0 Å². The van der Waals surface area contributed by atoms with Crippen molar-refractivity contribution in [2.75, 3.05) is 13.1 Å². The molecule has 0 saturated heterocycles. The van der Waals surface area contributed by atoms with Crippen LogP contribution in [0.15, 0.2) is 30.3 Å². The summed E-state index contributed by atoms with van der Waals surface area (Å²) in [7, 11) is -3.62. The number of carbonyl (C=O) groups is 1. The highest BCUT2D eigenvalue weighted by Crippen LogP contribution is 2.13. The van der Waals surface area contributed by atoms with E-state index in [1.807, 2.05) is 6.07 Å². The lowest BCUT2D eigenvalue weighted by molar-refractivity contribution is -0.129. The highest BCUT2D eigenvalue weighted by atomic mass is 32.2. The van der Waals surface area contributed by atoms with E-state index in [1.54, 1.807) is 24.3 Å². The minimum Gasteiger partial charge on any atom is -0.289 e. The fourth-order valence-electron chi connectivity index (χ4n) is 2.63. The molecule has 1 rings (SSSR count). The molecule has 1 amide bonds. The minimum absolute atomic E-state index is 0.150. The van der Waals surface area contributed by atoms with Crippen LogP contribution in [0.1, 0.15) is 57.4 Å². The van der Waals surface area contributed by atoms with Gasteiger partial charge in [0.2, 0.25) is 10.0 Å². The molecule has 0 heterocycles. The summed E-state index contributed by atoms with van der Waals surface area (Å²) < 4.78 is 26.4. The third-order valence-corrected chi connectivity index (χ3v) is 5.84. The molecule has 0 spiro atoms. The number of nitrogens with one attached hydrogen (secondary N) is 1. The minimum atomic E-state index is -3.62. The molecule has 7 heteroatoms. The van der Waals surface area contributed by atoms with Gasteiger partial charge < -0.3 is 0 Å². The quantitative estimate of drug-likeness (QED) is 0.317. The van der Waals surface area contributed by atoms with Gasteiger partial charge in [0.15, 0.2) is 0 Å². The van der Waals surface area contributed by atoms with Gasteiger partial charge in [-0.2, -0.15) is 4.31 Å². The molecular formula is C18H30N2O4S. The van der Waals surface area contributed by atoms with Crippen LogP contribution in [-0.2, 0) is 20.6 Å². The second-order valence-electron chi connectivity index (χ2n) is 6.23. The number of nitrogens with zero attached hydrogens (tertiary/aromatic N) is 1. The molecule has 25 heavy (non-hydrogen) atoms. The highest BCUT2D eigenvalue weighted by Gasteiger charge is 2.24. The Morgan fingerprint density at radius 1 is 1.04 bits per heavy atom. The molecule has 0 bridgehead atoms. The lowest BCUT2D eigenvalue weighted by Crippen LogP contribution is -2.40. The van der Waals surface area contributed by atoms with E-state index in [4.69, 9.17) is 5.21 Å². The molecule has 0 aliphatic rings. The average molecular weight is 371 g/mol. The van der Waals surface area contributed by atoms with Crippen LogP contribution >= 0.6 is 0 Å². The number of rotatable bonds is 13. The smallest absolute Gasteiger partial charge is 0.258 e. The van der Waals surface area contributed by atoms with Gasteiger partial charge in [-0.15, -0.1) is 0 Å². The van der Waals surface area contributed by atoms with E-state index in [2.05, 4.69) is 6.92 Å². The zero-order valence-corrected chi connectivity index (χ0v) is 15.8. The molecule has 2 N–H and O–H groups in total. The Kier molecular flexibility index (Phi) is 10.4. The predicted octanol–water partition coefficient (Wildman–Crippen LogP) is 3.07. The first-order valence-corrected chi connectivity index (χ1v) is 10.5. The Morgan fingerprint density at radius 3 is 2.24 bits per heavy atom. The Hall–Kier alpha value is -1.44. The van der Waals surface area contributed by atoms with E-state index in [0.29, 0.717) is 12.0 Å². The molecule has 0 aliphatic heterocycles. The van der Waals surface area contributed by atoms with Gasteiger partial charge in [0.1, 0.15) is 0 Å². The monoisotopic (exact) mass is 370 g/mol. The lowest BCUT2D eigenvalue weighted by atomic mass is 10.1. The number of benzene rings is 1. The van der Waals surface area contributed by atoms with Crippen molar-refractivity contribution in [2.24, 2.45) is 0 Å². The first kappa shape index (κ1) is 21.6. The molecule has 1 aromatic carbocycles. The highest BCUT2D eigenvalue weighted by molar-refractivity contribution is 7.88. The summed E-state index contributed by atoms with van der Waals surface area (Å²) in [4.78, 5) is 11.5. The summed E-state index contributed by atoms with van der Waals surface area (Å²) in [6.07, 6.45) is 7.50. The standard InChI is InChI=1S/C18H30N2O4S/c1-2-3-4-5-6-7-11-14-20(15-18(21)19-22)25(23,24)16-17-12-9-8-10-13-17/h8-10,12-13,22H,2-7,11,14-16H2,1H3,(H,19,21). The number of carbonyl (C=O) groups excluding carboxylic acids is 1. The molecular weight excluding hydrogens is 340 g/mol. The molecule has 0 aromatic heterocycles. The largest absolute Gasteiger partial charge is 0.289 e. The van der Waals surface area contributed by atoms with Crippen LogP contribution in [0, 0.1) is 0 Å². The molecule has 1 aromatic rings. The number of hydroxylamine groups is 1. The van der Waals surface area contributed by atoms with Crippen molar-refractivity contribution in [2.45, 2.75) is 57.6 Å². The van der Waals surface area contributed by atoms with Crippen LogP contribution in [0.3, 0.4) is 0 Å². The van der Waals surface area contributed by atoms with Crippen LogP contribution in [-0.4, -0.2) is 36.9 Å². The van der Waals surface area contributed by atoms with Crippen molar-refractivity contribution in [3.8, 4) is 0 Å². The number of hydrogen-bond acceptors (Lipinski definition) is 4. The summed E-state index contributed by atoms with van der Waals surface area (Å²) in [5.41, 5.74) is 2.19. The van der Waals surface area contributed by atoms with Crippen molar-refractivity contribution in [3.63, 3.8) is 0 Å². The zero-order chi connectivity index (χ0) is 18.5. The maximum Gasteiger partial charge on any atom is 0.258 e. The molecule has 0 unspecified atom stereocenters. The van der Waals surface area contributed by atoms with Gasteiger partial charge >= 0.3 is 0 Å². The third-order valence-electron chi connectivity index (χ3n) is 4.04. The first-order valence-electron chi connectivity index (χ1n) is 8.94. The van der Waals surface area contributed by atoms with Gasteiger partial charge in [-0.25, -0.2) is 13.9 Å². The SMILES string of the molecule is CCCCCCCCCN(CC(=O)NO)S(=O)(=O)Cc1ccccc1. The fourth-order valence-corrected chi connectivity index (χ4v) is 4.15. The van der Waals surface area contributed by atoms with Gasteiger partial charge in [0.25, 0.3) is 5.91 Å². The van der Waals surface area contributed by atoms with Crippen LogP contribution in [0.5, 0.6) is 0 Å². The normalized spacial score (nSPS) is 11.6. The van der Waals surface area contributed by atoms with Gasteiger partial charge in [0, 0.05) is 6.54 Å². The number of unbranched alkanes of at least 4 members (excludes halogenated alkanes) is 6. The molecule has 142 valence electrons. The Morgan fingerprint density at radius 2 is 1.64 bits per heavy atom. The van der Waals surface area contributed by atoms with E-state index in [0.717, 1.165) is 23.6 Å². The topological polar surface area (TPSA) is 86.7 Å². The predicted molar refractivity (Wildman–Crippen MR) is 98.6 cm³/mol. The zero-order valence-electron chi connectivity index (χ0n) is 15.0. The van der Waals surface area contributed by atoms with Crippen LogP contribution in [0.2, 0.25) is 0 Å². The summed E-state index contributed by atoms with van der Waals surface area (Å²) in [6, 6.07) is 8.88. The maximum atomic E-state index is 12.6. The van der Waals surface area contributed by atoms with Crippen LogP contribution in [0.4, 0.5) is 0 Å². The van der Waals surface area contributed by atoms with Crippen molar-refractivity contribution in [3.05, 3.63) is 35.9 Å². The second kappa shape index (κ2) is 12.0. The van der Waals surface area contributed by atoms with Crippen LogP contribution < -0.4 is 5.48 Å². The summed E-state index contributed by atoms with van der Waals surface area (Å²) in [6.45, 7) is 2.10. The third kappa shape index (κ3) is 9.00. The Bertz CT molecular complexity index is 590. The maximum absolute atomic E-state index is 12.6. The molecule has 0 fully saturated rings. The summed E-state index contributed by atoms with van der Waals surface area (Å²) in [5.74, 6) is -0.872. The second-order valence-corrected chi connectivity index (χ2v) is 8.20. The van der Waals surface area contributed by atoms with Crippen molar-refractivity contribution in [1.29, 1.82) is 0 Å². The average Bonchev–Trinajstić information content (AvgIpc) is 2.60.